The Morgan fingerprint density at radius 2 is 1.71 bits per heavy atom. The van der Waals surface area contributed by atoms with Crippen molar-refractivity contribution in [3.63, 3.8) is 0 Å². The lowest BCUT2D eigenvalue weighted by molar-refractivity contribution is -0.116. The van der Waals surface area contributed by atoms with Crippen molar-refractivity contribution in [2.24, 2.45) is 0 Å². The predicted octanol–water partition coefficient (Wildman–Crippen LogP) is 5.80. The van der Waals surface area contributed by atoms with Crippen LogP contribution in [0.4, 0.5) is 11.4 Å². The van der Waals surface area contributed by atoms with Gasteiger partial charge in [0, 0.05) is 24.4 Å². The number of aryl methyl sites for hydroxylation is 3. The number of para-hydroxylation sites is 1. The SMILES string of the molecule is Cc1ccc(-c2cc(C(=O)CCc3cnc(C)cn3)cc(N3C(=O)Cc4ccccc43)c2)cc1. The first-order valence-corrected chi connectivity index (χ1v) is 11.4. The fourth-order valence-electron chi connectivity index (χ4n) is 4.29. The van der Waals surface area contributed by atoms with Crippen molar-refractivity contribution in [1.82, 2.24) is 9.97 Å². The Hall–Kier alpha value is -4.12. The van der Waals surface area contributed by atoms with E-state index in [9.17, 15) is 9.59 Å². The molecule has 1 aliphatic rings. The molecule has 1 aromatic heterocycles. The molecule has 34 heavy (non-hydrogen) atoms. The van der Waals surface area contributed by atoms with Crippen molar-refractivity contribution in [3.05, 3.63) is 107 Å². The number of carbonyl (C=O) groups excluding carboxylic acids is 2. The second kappa shape index (κ2) is 9.02. The van der Waals surface area contributed by atoms with Crippen LogP contribution in [-0.4, -0.2) is 21.7 Å². The van der Waals surface area contributed by atoms with Gasteiger partial charge in [-0.3, -0.25) is 24.5 Å². The minimum Gasteiger partial charge on any atom is -0.294 e. The van der Waals surface area contributed by atoms with Crippen LogP contribution >= 0.6 is 0 Å². The van der Waals surface area contributed by atoms with Gasteiger partial charge in [0.15, 0.2) is 5.78 Å². The highest BCUT2D eigenvalue weighted by molar-refractivity contribution is 6.09. The van der Waals surface area contributed by atoms with Crippen LogP contribution in [0.25, 0.3) is 11.1 Å². The van der Waals surface area contributed by atoms with Crippen LogP contribution < -0.4 is 4.90 Å². The summed E-state index contributed by atoms with van der Waals surface area (Å²) in [6, 6.07) is 21.8. The van der Waals surface area contributed by atoms with E-state index in [1.54, 1.807) is 17.3 Å². The maximum Gasteiger partial charge on any atom is 0.236 e. The van der Waals surface area contributed by atoms with Gasteiger partial charge < -0.3 is 0 Å². The van der Waals surface area contributed by atoms with E-state index < -0.39 is 0 Å². The largest absolute Gasteiger partial charge is 0.294 e. The lowest BCUT2D eigenvalue weighted by Gasteiger charge is -2.20. The number of ketones is 1. The molecule has 5 rings (SSSR count). The van der Waals surface area contributed by atoms with Gasteiger partial charge in [-0.1, -0.05) is 48.0 Å². The average molecular weight is 448 g/mol. The van der Waals surface area contributed by atoms with E-state index in [4.69, 9.17) is 0 Å². The molecule has 0 radical (unpaired) electrons. The second-order valence-electron chi connectivity index (χ2n) is 8.74. The average Bonchev–Trinajstić information content (AvgIpc) is 3.19. The first-order chi connectivity index (χ1) is 16.5. The molecule has 3 aromatic carbocycles. The molecular weight excluding hydrogens is 422 g/mol. The minimum atomic E-state index is 0.00980. The standard InChI is InChI=1S/C29H25N3O2/c1-19-7-9-21(10-8-19)23-13-24(28(33)12-11-25-18-30-20(2)17-31-25)15-26(14-23)32-27-6-4-3-5-22(27)16-29(32)34/h3-10,13-15,17-18H,11-12,16H2,1-2H3. The number of hydrogen-bond acceptors (Lipinski definition) is 4. The molecular formula is C29H25N3O2. The summed E-state index contributed by atoms with van der Waals surface area (Å²) in [6.45, 7) is 3.93. The van der Waals surface area contributed by atoms with E-state index in [0.717, 1.165) is 33.8 Å². The number of hydrogen-bond donors (Lipinski definition) is 0. The zero-order chi connectivity index (χ0) is 23.7. The van der Waals surface area contributed by atoms with Crippen molar-refractivity contribution in [3.8, 4) is 11.1 Å². The summed E-state index contributed by atoms with van der Waals surface area (Å²) < 4.78 is 0. The Bertz CT molecular complexity index is 1380. The molecule has 1 aliphatic heterocycles. The summed E-state index contributed by atoms with van der Waals surface area (Å²) in [6.07, 6.45) is 4.63. The smallest absolute Gasteiger partial charge is 0.236 e. The van der Waals surface area contributed by atoms with Crippen LogP contribution in [0.1, 0.15) is 39.3 Å². The van der Waals surface area contributed by atoms with Gasteiger partial charge in [0.05, 0.1) is 29.2 Å². The van der Waals surface area contributed by atoms with Crippen LogP contribution in [0.2, 0.25) is 0 Å². The third-order valence-corrected chi connectivity index (χ3v) is 6.15. The zero-order valence-electron chi connectivity index (χ0n) is 19.3. The number of carbonyl (C=O) groups is 2. The van der Waals surface area contributed by atoms with Crippen LogP contribution in [0.15, 0.2) is 79.1 Å². The van der Waals surface area contributed by atoms with Gasteiger partial charge in [-0.05, 0) is 61.2 Å². The Morgan fingerprint density at radius 1 is 0.912 bits per heavy atom. The highest BCUT2D eigenvalue weighted by Crippen LogP contribution is 2.38. The van der Waals surface area contributed by atoms with Crippen molar-refractivity contribution >= 4 is 23.1 Å². The molecule has 5 nitrogen and oxygen atoms in total. The van der Waals surface area contributed by atoms with Crippen LogP contribution in [0.5, 0.6) is 0 Å². The minimum absolute atomic E-state index is 0.00980. The molecule has 2 heterocycles. The molecule has 0 atom stereocenters. The van der Waals surface area contributed by atoms with Gasteiger partial charge in [0.25, 0.3) is 0 Å². The van der Waals surface area contributed by atoms with Gasteiger partial charge in [0.2, 0.25) is 5.91 Å². The van der Waals surface area contributed by atoms with Crippen molar-refractivity contribution in [1.29, 1.82) is 0 Å². The molecule has 4 aromatic rings. The highest BCUT2D eigenvalue weighted by Gasteiger charge is 2.29. The summed E-state index contributed by atoms with van der Waals surface area (Å²) in [4.78, 5) is 36.6. The number of fused-ring (bicyclic) bond motifs is 1. The summed E-state index contributed by atoms with van der Waals surface area (Å²) in [5, 5.41) is 0. The van der Waals surface area contributed by atoms with Crippen molar-refractivity contribution in [2.45, 2.75) is 33.1 Å². The van der Waals surface area contributed by atoms with E-state index in [0.29, 0.717) is 30.5 Å². The fraction of sp³-hybridized carbons (Fsp3) is 0.172. The molecule has 0 aliphatic carbocycles. The van der Waals surface area contributed by atoms with Gasteiger partial charge in [-0.15, -0.1) is 0 Å². The van der Waals surface area contributed by atoms with Crippen LogP contribution in [0.3, 0.4) is 0 Å². The molecule has 0 saturated carbocycles. The van der Waals surface area contributed by atoms with Crippen LogP contribution in [0, 0.1) is 13.8 Å². The summed E-state index contributed by atoms with van der Waals surface area (Å²) in [5.41, 5.74) is 7.90. The lowest BCUT2D eigenvalue weighted by Crippen LogP contribution is -2.21. The quantitative estimate of drug-likeness (QED) is 0.351. The van der Waals surface area contributed by atoms with Gasteiger partial charge >= 0.3 is 0 Å². The molecule has 0 spiro atoms. The van der Waals surface area contributed by atoms with E-state index in [1.165, 1.54) is 5.56 Å². The lowest BCUT2D eigenvalue weighted by atomic mass is 9.97. The summed E-state index contributed by atoms with van der Waals surface area (Å²) in [5.74, 6) is 0.0214. The first-order valence-electron chi connectivity index (χ1n) is 11.4. The predicted molar refractivity (Wildman–Crippen MR) is 133 cm³/mol. The molecule has 168 valence electrons. The Labute approximate surface area is 199 Å². The second-order valence-corrected chi connectivity index (χ2v) is 8.74. The highest BCUT2D eigenvalue weighted by atomic mass is 16.2. The number of anilines is 2. The summed E-state index contributed by atoms with van der Waals surface area (Å²) in [7, 11) is 0. The zero-order valence-corrected chi connectivity index (χ0v) is 19.3. The monoisotopic (exact) mass is 447 g/mol. The van der Waals surface area contributed by atoms with E-state index in [2.05, 4.69) is 22.1 Å². The molecule has 0 saturated heterocycles. The Balaban J connectivity index is 1.52. The maximum absolute atomic E-state index is 13.3. The molecule has 0 bridgehead atoms. The van der Waals surface area contributed by atoms with E-state index >= 15 is 0 Å². The maximum atomic E-state index is 13.3. The molecule has 1 amide bonds. The molecule has 0 fully saturated rings. The topological polar surface area (TPSA) is 63.2 Å². The van der Waals surface area contributed by atoms with Gasteiger partial charge in [0.1, 0.15) is 0 Å². The normalized spacial score (nSPS) is 12.6. The molecule has 0 unspecified atom stereocenters. The number of aromatic nitrogens is 2. The number of rotatable bonds is 6. The number of benzene rings is 3. The van der Waals surface area contributed by atoms with E-state index in [1.807, 2.05) is 68.4 Å². The third-order valence-electron chi connectivity index (χ3n) is 6.15. The van der Waals surface area contributed by atoms with E-state index in [-0.39, 0.29) is 11.7 Å². The fourth-order valence-corrected chi connectivity index (χ4v) is 4.29. The summed E-state index contributed by atoms with van der Waals surface area (Å²) >= 11 is 0. The van der Waals surface area contributed by atoms with Crippen molar-refractivity contribution < 1.29 is 9.59 Å². The van der Waals surface area contributed by atoms with Crippen molar-refractivity contribution in [2.75, 3.05) is 4.90 Å². The Kier molecular flexibility index (Phi) is 5.76. The van der Waals surface area contributed by atoms with Crippen LogP contribution in [-0.2, 0) is 17.6 Å². The van der Waals surface area contributed by atoms with Gasteiger partial charge in [-0.2, -0.15) is 0 Å². The first kappa shape index (κ1) is 21.7. The number of amides is 1. The Morgan fingerprint density at radius 3 is 2.47 bits per heavy atom. The number of nitrogens with zero attached hydrogens (tertiary/aromatic N) is 3. The third kappa shape index (κ3) is 4.37. The molecule has 5 heteroatoms. The number of Topliss-reactive ketones (excluding diaryl/α,β-unsaturated/α-hetero) is 1. The van der Waals surface area contributed by atoms with Gasteiger partial charge in [-0.25, -0.2) is 0 Å². The molecule has 0 N–H and O–H groups in total.